The summed E-state index contributed by atoms with van der Waals surface area (Å²) in [5, 5.41) is 6.35. The fraction of sp³-hybridized carbons (Fsp3) is 0.111. The summed E-state index contributed by atoms with van der Waals surface area (Å²) in [7, 11) is 0. The molecule has 7 heteroatoms. The van der Waals surface area contributed by atoms with E-state index < -0.39 is 24.3 Å². The molecule has 1 aliphatic rings. The molecule has 0 unspecified atom stereocenters. The van der Waals surface area contributed by atoms with E-state index in [0.29, 0.717) is 22.0 Å². The molecule has 3 heterocycles. The van der Waals surface area contributed by atoms with Crippen molar-refractivity contribution in [2.75, 3.05) is 6.67 Å². The maximum Gasteiger partial charge on any atom is 0.259 e. The predicted octanol–water partition coefficient (Wildman–Crippen LogP) is 3.38. The van der Waals surface area contributed by atoms with Gasteiger partial charge in [-0.15, -0.1) is 0 Å². The van der Waals surface area contributed by atoms with Gasteiger partial charge in [0.05, 0.1) is 17.7 Å². The zero-order valence-electron chi connectivity index (χ0n) is 12.9. The van der Waals surface area contributed by atoms with E-state index in [0.717, 1.165) is 0 Å². The van der Waals surface area contributed by atoms with Gasteiger partial charge < -0.3 is 4.57 Å². The summed E-state index contributed by atoms with van der Waals surface area (Å²) in [6.07, 6.45) is 1.60. The number of carbonyl (C=O) groups excluding carboxylic acids is 2. The number of amides is 2. The lowest BCUT2D eigenvalue weighted by molar-refractivity contribution is -0.122. The third-order valence-electron chi connectivity index (χ3n) is 4.18. The molecule has 2 aromatic heterocycles. The first-order valence-corrected chi connectivity index (χ1v) is 8.51. The second-order valence-corrected chi connectivity index (χ2v) is 6.41. The van der Waals surface area contributed by atoms with Gasteiger partial charge in [-0.2, -0.15) is 11.3 Å². The number of aryl methyl sites for hydroxylation is 1. The molecule has 0 saturated heterocycles. The largest absolute Gasteiger partial charge is 0.344 e. The molecule has 0 aliphatic carbocycles. The van der Waals surface area contributed by atoms with Gasteiger partial charge in [-0.3, -0.25) is 14.9 Å². The zero-order chi connectivity index (χ0) is 17.6. The fourth-order valence-corrected chi connectivity index (χ4v) is 3.79. The first-order valence-electron chi connectivity index (χ1n) is 7.57. The van der Waals surface area contributed by atoms with E-state index in [1.54, 1.807) is 28.3 Å². The average molecular weight is 358 g/mol. The second-order valence-electron chi connectivity index (χ2n) is 5.63. The van der Waals surface area contributed by atoms with Crippen molar-refractivity contribution in [3.05, 3.63) is 58.2 Å². The number of hydrogen-bond acceptors (Lipinski definition) is 3. The highest BCUT2D eigenvalue weighted by molar-refractivity contribution is 7.08. The number of nitrogens with one attached hydrogen (secondary N) is 1. The molecular weight excluding hydrogens is 346 g/mol. The molecule has 0 bridgehead atoms. The Labute approximate surface area is 145 Å². The van der Waals surface area contributed by atoms with E-state index in [4.69, 9.17) is 0 Å². The summed E-state index contributed by atoms with van der Waals surface area (Å²) in [4.78, 5) is 24.7. The molecule has 0 atom stereocenters. The van der Waals surface area contributed by atoms with E-state index in [9.17, 15) is 18.4 Å². The third-order valence-corrected chi connectivity index (χ3v) is 4.86. The molecule has 0 spiro atoms. The number of rotatable bonds is 4. The lowest BCUT2D eigenvalue weighted by Gasteiger charge is -2.01. The molecule has 0 radical (unpaired) electrons. The number of aromatic nitrogens is 1. The lowest BCUT2D eigenvalue weighted by Crippen LogP contribution is -2.22. The highest BCUT2D eigenvalue weighted by atomic mass is 32.1. The Kier molecular flexibility index (Phi) is 3.73. The first kappa shape index (κ1) is 15.7. The number of carbonyl (C=O) groups is 2. The maximum atomic E-state index is 13.8. The summed E-state index contributed by atoms with van der Waals surface area (Å²) in [6.45, 7) is -0.513. The van der Waals surface area contributed by atoms with Gasteiger partial charge in [-0.05, 0) is 40.6 Å². The minimum absolute atomic E-state index is 0.0821. The Morgan fingerprint density at radius 3 is 2.64 bits per heavy atom. The van der Waals surface area contributed by atoms with Gasteiger partial charge in [0, 0.05) is 22.7 Å². The van der Waals surface area contributed by atoms with Crippen LogP contribution in [0.15, 0.2) is 41.2 Å². The normalized spacial score (nSPS) is 14.6. The van der Waals surface area contributed by atoms with Crippen LogP contribution in [-0.4, -0.2) is 23.1 Å². The third kappa shape index (κ3) is 2.47. The van der Waals surface area contributed by atoms with Crippen LogP contribution in [0, 0.1) is 5.82 Å². The molecule has 3 aromatic rings. The summed E-state index contributed by atoms with van der Waals surface area (Å²) < 4.78 is 28.3. The van der Waals surface area contributed by atoms with Gasteiger partial charge in [0.2, 0.25) is 0 Å². The van der Waals surface area contributed by atoms with Crippen molar-refractivity contribution in [3.63, 3.8) is 0 Å². The minimum atomic E-state index is -0.595. The molecule has 126 valence electrons. The van der Waals surface area contributed by atoms with E-state index in [1.807, 2.05) is 5.38 Å². The van der Waals surface area contributed by atoms with E-state index in [-0.39, 0.29) is 17.7 Å². The van der Waals surface area contributed by atoms with Crippen LogP contribution in [0.2, 0.25) is 0 Å². The van der Waals surface area contributed by atoms with Gasteiger partial charge in [0.1, 0.15) is 12.5 Å². The molecule has 4 nitrogen and oxygen atoms in total. The summed E-state index contributed by atoms with van der Waals surface area (Å²) in [5.74, 6) is -1.48. The van der Waals surface area contributed by atoms with Gasteiger partial charge in [-0.1, -0.05) is 0 Å². The number of alkyl halides is 1. The Bertz CT molecular complexity index is 1030. The molecule has 1 aliphatic heterocycles. The van der Waals surface area contributed by atoms with Crippen LogP contribution in [0.4, 0.5) is 8.78 Å². The highest BCUT2D eigenvalue weighted by Crippen LogP contribution is 2.36. The predicted molar refractivity (Wildman–Crippen MR) is 92.2 cm³/mol. The average Bonchev–Trinajstić information content (AvgIpc) is 3.26. The number of thiophene rings is 1. The summed E-state index contributed by atoms with van der Waals surface area (Å²) >= 11 is 1.41. The highest BCUT2D eigenvalue weighted by Gasteiger charge is 2.34. The van der Waals surface area contributed by atoms with Crippen molar-refractivity contribution in [2.45, 2.75) is 6.54 Å². The van der Waals surface area contributed by atoms with Crippen molar-refractivity contribution in [2.24, 2.45) is 0 Å². The Balaban J connectivity index is 2.04. The van der Waals surface area contributed by atoms with Crippen molar-refractivity contribution in [3.8, 4) is 0 Å². The SMILES string of the molecule is O=C1NC(=O)C(c2cn(CCF)c3ccc(F)cc23)=C1c1ccsc1. The Morgan fingerprint density at radius 1 is 1.12 bits per heavy atom. The number of benzene rings is 1. The van der Waals surface area contributed by atoms with Crippen molar-refractivity contribution < 1.29 is 18.4 Å². The maximum absolute atomic E-state index is 13.8. The number of nitrogens with zero attached hydrogens (tertiary/aromatic N) is 1. The molecule has 1 N–H and O–H groups in total. The van der Waals surface area contributed by atoms with Gasteiger partial charge in [0.15, 0.2) is 0 Å². The van der Waals surface area contributed by atoms with E-state index in [1.165, 1.54) is 23.5 Å². The van der Waals surface area contributed by atoms with E-state index >= 15 is 0 Å². The Morgan fingerprint density at radius 2 is 1.92 bits per heavy atom. The molecule has 1 aromatic carbocycles. The van der Waals surface area contributed by atoms with Crippen molar-refractivity contribution >= 4 is 45.2 Å². The van der Waals surface area contributed by atoms with Gasteiger partial charge in [-0.25, -0.2) is 8.78 Å². The van der Waals surface area contributed by atoms with Gasteiger partial charge >= 0.3 is 0 Å². The van der Waals surface area contributed by atoms with Crippen LogP contribution in [0.3, 0.4) is 0 Å². The smallest absolute Gasteiger partial charge is 0.259 e. The number of halogens is 2. The number of imide groups is 1. The van der Waals surface area contributed by atoms with Crippen LogP contribution in [0.5, 0.6) is 0 Å². The molecule has 25 heavy (non-hydrogen) atoms. The number of hydrogen-bond donors (Lipinski definition) is 1. The first-order chi connectivity index (χ1) is 12.1. The van der Waals surface area contributed by atoms with Crippen LogP contribution >= 0.6 is 11.3 Å². The molecular formula is C18H12F2N2O2S. The van der Waals surface area contributed by atoms with Crippen LogP contribution in [-0.2, 0) is 16.1 Å². The van der Waals surface area contributed by atoms with Crippen molar-refractivity contribution in [1.82, 2.24) is 9.88 Å². The monoisotopic (exact) mass is 358 g/mol. The molecule has 4 rings (SSSR count). The van der Waals surface area contributed by atoms with Crippen molar-refractivity contribution in [1.29, 1.82) is 0 Å². The molecule has 0 saturated carbocycles. The van der Waals surface area contributed by atoms with E-state index in [2.05, 4.69) is 5.32 Å². The zero-order valence-corrected chi connectivity index (χ0v) is 13.7. The van der Waals surface area contributed by atoms with Gasteiger partial charge in [0.25, 0.3) is 11.8 Å². The van der Waals surface area contributed by atoms with Crippen LogP contribution < -0.4 is 5.32 Å². The Hall–Kier alpha value is -2.80. The lowest BCUT2D eigenvalue weighted by atomic mass is 9.97. The second kappa shape index (κ2) is 5.93. The van der Waals surface area contributed by atoms with Crippen LogP contribution in [0.25, 0.3) is 22.0 Å². The quantitative estimate of drug-likeness (QED) is 0.727. The standard InChI is InChI=1S/C18H12F2N2O2S/c19-4-5-22-8-13(12-7-11(20)1-2-14(12)22)16-15(10-3-6-25-9-10)17(23)21-18(16)24/h1-3,6-9H,4-5H2,(H,21,23,24). The fourth-order valence-electron chi connectivity index (χ4n) is 3.14. The number of fused-ring (bicyclic) bond motifs is 1. The van der Waals surface area contributed by atoms with Crippen LogP contribution in [0.1, 0.15) is 11.1 Å². The summed E-state index contributed by atoms with van der Waals surface area (Å²) in [6, 6.07) is 5.88. The summed E-state index contributed by atoms with van der Waals surface area (Å²) in [5.41, 5.74) is 2.11. The minimum Gasteiger partial charge on any atom is -0.344 e. The molecule has 2 amide bonds. The topological polar surface area (TPSA) is 51.1 Å². The molecule has 0 fully saturated rings.